The van der Waals surface area contributed by atoms with E-state index in [1.165, 1.54) is 0 Å². The molecule has 0 bridgehead atoms. The molecule has 0 spiro atoms. The van der Waals surface area contributed by atoms with Gasteiger partial charge in [0.05, 0.1) is 0 Å². The van der Waals surface area contributed by atoms with Crippen molar-refractivity contribution in [1.29, 1.82) is 0 Å². The number of carbonyl (C=O) groups is 1. The Balaban J connectivity index is 1.60. The van der Waals surface area contributed by atoms with E-state index in [0.29, 0.717) is 12.4 Å². The molecule has 110 valence electrons. The second-order valence-corrected chi connectivity index (χ2v) is 4.65. The molecule has 1 aromatic carbocycles. The van der Waals surface area contributed by atoms with Gasteiger partial charge >= 0.3 is 6.03 Å². The molecule has 6 heteroatoms. The van der Waals surface area contributed by atoms with E-state index in [9.17, 15) is 4.79 Å². The van der Waals surface area contributed by atoms with Crippen molar-refractivity contribution in [2.75, 3.05) is 5.32 Å². The average molecular weight is 293 g/mol. The van der Waals surface area contributed by atoms with Crippen LogP contribution in [-0.2, 0) is 6.54 Å². The molecule has 22 heavy (non-hydrogen) atoms. The first-order chi connectivity index (χ1) is 10.8. The molecule has 0 unspecified atom stereocenters. The van der Waals surface area contributed by atoms with Crippen LogP contribution in [0.2, 0.25) is 0 Å². The average Bonchev–Trinajstić information content (AvgIpc) is 3.09. The highest BCUT2D eigenvalue weighted by Gasteiger charge is 2.03. The quantitative estimate of drug-likeness (QED) is 0.776. The van der Waals surface area contributed by atoms with E-state index in [-0.39, 0.29) is 6.03 Å². The zero-order valence-corrected chi connectivity index (χ0v) is 11.8. The van der Waals surface area contributed by atoms with Gasteiger partial charge < -0.3 is 10.6 Å². The highest BCUT2D eigenvalue weighted by atomic mass is 16.2. The fourth-order valence-electron chi connectivity index (χ4n) is 1.98. The zero-order chi connectivity index (χ0) is 15.2. The van der Waals surface area contributed by atoms with Gasteiger partial charge in [-0.1, -0.05) is 18.2 Å². The van der Waals surface area contributed by atoms with Crippen LogP contribution in [0.5, 0.6) is 0 Å². The second-order valence-electron chi connectivity index (χ2n) is 4.65. The van der Waals surface area contributed by atoms with Crippen LogP contribution in [0.1, 0.15) is 5.56 Å². The van der Waals surface area contributed by atoms with E-state index in [1.807, 2.05) is 54.7 Å². The Morgan fingerprint density at radius 3 is 2.73 bits per heavy atom. The number of pyridine rings is 1. The van der Waals surface area contributed by atoms with Gasteiger partial charge in [0, 0.05) is 30.8 Å². The summed E-state index contributed by atoms with van der Waals surface area (Å²) in [7, 11) is 0. The van der Waals surface area contributed by atoms with Gasteiger partial charge in [-0.05, 0) is 35.9 Å². The lowest BCUT2D eigenvalue weighted by Crippen LogP contribution is -2.28. The molecule has 3 aromatic rings. The zero-order valence-electron chi connectivity index (χ0n) is 11.8. The Morgan fingerprint density at radius 1 is 1.09 bits per heavy atom. The number of anilines is 1. The standard InChI is InChI=1S/C16H15N5O/c22-16(20-14-5-2-1-3-6-14)18-12-13-7-9-17-15(11-13)21-10-4-8-19-21/h1-11H,12H2,(H2,18,20,22). The Bertz CT molecular complexity index is 740. The van der Waals surface area contributed by atoms with Crippen molar-refractivity contribution < 1.29 is 4.79 Å². The molecule has 0 saturated heterocycles. The highest BCUT2D eigenvalue weighted by molar-refractivity contribution is 5.89. The lowest BCUT2D eigenvalue weighted by Gasteiger charge is -2.08. The first-order valence-electron chi connectivity index (χ1n) is 6.86. The monoisotopic (exact) mass is 293 g/mol. The van der Waals surface area contributed by atoms with E-state index < -0.39 is 0 Å². The van der Waals surface area contributed by atoms with Gasteiger partial charge in [-0.3, -0.25) is 0 Å². The fourth-order valence-corrected chi connectivity index (χ4v) is 1.98. The second kappa shape index (κ2) is 6.53. The molecule has 0 atom stereocenters. The number of nitrogens with zero attached hydrogens (tertiary/aromatic N) is 3. The normalized spacial score (nSPS) is 10.2. The third-order valence-corrected chi connectivity index (χ3v) is 3.03. The summed E-state index contributed by atoms with van der Waals surface area (Å²) in [5, 5.41) is 9.72. The topological polar surface area (TPSA) is 71.8 Å². The third kappa shape index (κ3) is 3.49. The molecular weight excluding hydrogens is 278 g/mol. The minimum absolute atomic E-state index is 0.247. The molecule has 0 radical (unpaired) electrons. The molecule has 2 aromatic heterocycles. The van der Waals surface area contributed by atoms with Crippen molar-refractivity contribution in [2.24, 2.45) is 0 Å². The number of carbonyl (C=O) groups excluding carboxylic acids is 1. The van der Waals surface area contributed by atoms with Crippen LogP contribution in [0, 0.1) is 0 Å². The Hall–Kier alpha value is -3.15. The van der Waals surface area contributed by atoms with Crippen molar-refractivity contribution in [2.45, 2.75) is 6.54 Å². The van der Waals surface area contributed by atoms with Crippen LogP contribution in [-0.4, -0.2) is 20.8 Å². The maximum atomic E-state index is 11.8. The van der Waals surface area contributed by atoms with Gasteiger partial charge in [0.1, 0.15) is 0 Å². The summed E-state index contributed by atoms with van der Waals surface area (Å²) in [5.41, 5.74) is 1.70. The summed E-state index contributed by atoms with van der Waals surface area (Å²) < 4.78 is 1.67. The van der Waals surface area contributed by atoms with Crippen molar-refractivity contribution in [3.05, 3.63) is 72.7 Å². The fraction of sp³-hybridized carbons (Fsp3) is 0.0625. The number of hydrogen-bond acceptors (Lipinski definition) is 3. The van der Waals surface area contributed by atoms with E-state index in [2.05, 4.69) is 20.7 Å². The van der Waals surface area contributed by atoms with E-state index in [0.717, 1.165) is 11.3 Å². The smallest absolute Gasteiger partial charge is 0.319 e. The van der Waals surface area contributed by atoms with Gasteiger partial charge in [-0.2, -0.15) is 5.10 Å². The first-order valence-corrected chi connectivity index (χ1v) is 6.86. The van der Waals surface area contributed by atoms with Gasteiger partial charge in [0.25, 0.3) is 0 Å². The van der Waals surface area contributed by atoms with Crippen LogP contribution in [0.3, 0.4) is 0 Å². The number of amides is 2. The number of para-hydroxylation sites is 1. The number of urea groups is 1. The minimum atomic E-state index is -0.247. The van der Waals surface area contributed by atoms with E-state index in [4.69, 9.17) is 0 Å². The maximum absolute atomic E-state index is 11.8. The van der Waals surface area contributed by atoms with E-state index >= 15 is 0 Å². The number of hydrogen-bond donors (Lipinski definition) is 2. The van der Waals surface area contributed by atoms with Gasteiger partial charge in [0.2, 0.25) is 0 Å². The largest absolute Gasteiger partial charge is 0.334 e. The van der Waals surface area contributed by atoms with Crippen molar-refractivity contribution in [3.8, 4) is 5.82 Å². The SMILES string of the molecule is O=C(NCc1ccnc(-n2cccn2)c1)Nc1ccccc1. The highest BCUT2D eigenvalue weighted by Crippen LogP contribution is 2.07. The predicted octanol–water partition coefficient (Wildman–Crippen LogP) is 2.59. The summed E-state index contributed by atoms with van der Waals surface area (Å²) in [5.74, 6) is 0.716. The van der Waals surface area contributed by atoms with Gasteiger partial charge in [0.15, 0.2) is 5.82 Å². The molecule has 0 aliphatic heterocycles. The molecule has 6 nitrogen and oxygen atoms in total. The molecular formula is C16H15N5O. The third-order valence-electron chi connectivity index (χ3n) is 3.03. The molecule has 3 rings (SSSR count). The summed E-state index contributed by atoms with van der Waals surface area (Å²) in [6.07, 6.45) is 5.21. The van der Waals surface area contributed by atoms with Gasteiger partial charge in [-0.15, -0.1) is 0 Å². The number of benzene rings is 1. The number of nitrogens with one attached hydrogen (secondary N) is 2. The summed E-state index contributed by atoms with van der Waals surface area (Å²) in [6.45, 7) is 0.412. The summed E-state index contributed by atoms with van der Waals surface area (Å²) in [6, 6.07) is 14.6. The summed E-state index contributed by atoms with van der Waals surface area (Å²) >= 11 is 0. The Morgan fingerprint density at radius 2 is 1.95 bits per heavy atom. The first kappa shape index (κ1) is 13.8. The van der Waals surface area contributed by atoms with Crippen LogP contribution in [0.25, 0.3) is 5.82 Å². The Kier molecular flexibility index (Phi) is 4.10. The summed E-state index contributed by atoms with van der Waals surface area (Å²) in [4.78, 5) is 16.1. The van der Waals surface area contributed by atoms with Crippen molar-refractivity contribution in [1.82, 2.24) is 20.1 Å². The van der Waals surface area contributed by atoms with Crippen molar-refractivity contribution >= 4 is 11.7 Å². The molecule has 2 amide bonds. The lowest BCUT2D eigenvalue weighted by atomic mass is 10.2. The van der Waals surface area contributed by atoms with Crippen molar-refractivity contribution in [3.63, 3.8) is 0 Å². The Labute approximate surface area is 127 Å². The van der Waals surface area contributed by atoms with Crippen LogP contribution < -0.4 is 10.6 Å². The maximum Gasteiger partial charge on any atom is 0.319 e. The molecule has 2 N–H and O–H groups in total. The predicted molar refractivity (Wildman–Crippen MR) is 83.7 cm³/mol. The van der Waals surface area contributed by atoms with Crippen LogP contribution in [0.15, 0.2) is 67.1 Å². The molecule has 0 aliphatic rings. The van der Waals surface area contributed by atoms with Crippen LogP contribution in [0.4, 0.5) is 10.5 Å². The molecule has 0 saturated carbocycles. The van der Waals surface area contributed by atoms with Crippen LogP contribution >= 0.6 is 0 Å². The molecule has 0 fully saturated rings. The van der Waals surface area contributed by atoms with Gasteiger partial charge in [-0.25, -0.2) is 14.5 Å². The van der Waals surface area contributed by atoms with E-state index in [1.54, 1.807) is 17.1 Å². The molecule has 2 heterocycles. The number of rotatable bonds is 4. The molecule has 0 aliphatic carbocycles. The number of aromatic nitrogens is 3. The lowest BCUT2D eigenvalue weighted by molar-refractivity contribution is 0.251. The minimum Gasteiger partial charge on any atom is -0.334 e.